The van der Waals surface area contributed by atoms with Crippen LogP contribution in [0.4, 0.5) is 0 Å². The lowest BCUT2D eigenvalue weighted by molar-refractivity contribution is -0.139. The summed E-state index contributed by atoms with van der Waals surface area (Å²) in [5.74, 6) is -0.926. The van der Waals surface area contributed by atoms with E-state index in [0.717, 1.165) is 0 Å². The number of phenolic OH excluding ortho intramolecular Hbond substituents is 1. The average molecular weight is 239 g/mol. The third-order valence-electron chi connectivity index (χ3n) is 2.79. The highest BCUT2D eigenvalue weighted by Crippen LogP contribution is 2.33. The number of ether oxygens (including phenoxy) is 1. The van der Waals surface area contributed by atoms with E-state index in [9.17, 15) is 9.90 Å². The highest BCUT2D eigenvalue weighted by Gasteiger charge is 2.26. The van der Waals surface area contributed by atoms with Gasteiger partial charge in [0.05, 0.1) is 7.11 Å². The molecule has 4 N–H and O–H groups in total. The zero-order valence-corrected chi connectivity index (χ0v) is 9.88. The summed E-state index contributed by atoms with van der Waals surface area (Å²) in [6, 6.07) is 3.66. The lowest BCUT2D eigenvalue weighted by Gasteiger charge is -2.21. The predicted molar refractivity (Wildman–Crippen MR) is 63.3 cm³/mol. The Bertz CT molecular complexity index is 405. The molecule has 0 unspecified atom stereocenters. The number of phenols is 1. The van der Waals surface area contributed by atoms with E-state index < -0.39 is 17.9 Å². The minimum Gasteiger partial charge on any atom is -0.508 e. The molecule has 0 saturated heterocycles. The Hall–Kier alpha value is -1.75. The van der Waals surface area contributed by atoms with Crippen LogP contribution in [0.1, 0.15) is 24.8 Å². The summed E-state index contributed by atoms with van der Waals surface area (Å²) in [5, 5.41) is 18.7. The number of methoxy groups -OCH3 is 1. The monoisotopic (exact) mass is 239 g/mol. The Kier molecular flexibility index (Phi) is 4.34. The fourth-order valence-corrected chi connectivity index (χ4v) is 1.80. The van der Waals surface area contributed by atoms with Crippen LogP contribution in [0.25, 0.3) is 0 Å². The number of carboxylic acids is 1. The molecular weight excluding hydrogens is 222 g/mol. The van der Waals surface area contributed by atoms with E-state index in [1.54, 1.807) is 12.1 Å². The number of aliphatic carboxylic acids is 1. The maximum atomic E-state index is 10.9. The quantitative estimate of drug-likeness (QED) is 0.720. The lowest BCUT2D eigenvalue weighted by atomic mass is 9.89. The fourth-order valence-electron chi connectivity index (χ4n) is 1.80. The summed E-state index contributed by atoms with van der Waals surface area (Å²) >= 11 is 0. The van der Waals surface area contributed by atoms with Gasteiger partial charge in [-0.1, -0.05) is 6.92 Å². The Balaban J connectivity index is 3.14. The third-order valence-corrected chi connectivity index (χ3v) is 2.79. The Morgan fingerprint density at radius 1 is 1.53 bits per heavy atom. The molecule has 0 aromatic heterocycles. The van der Waals surface area contributed by atoms with Gasteiger partial charge < -0.3 is 20.7 Å². The molecular formula is C12H17NO4. The second kappa shape index (κ2) is 5.54. The minimum absolute atomic E-state index is 0.0364. The van der Waals surface area contributed by atoms with Gasteiger partial charge in [0.1, 0.15) is 17.5 Å². The molecule has 0 spiro atoms. The number of rotatable bonds is 5. The van der Waals surface area contributed by atoms with Crippen LogP contribution >= 0.6 is 0 Å². The zero-order valence-electron chi connectivity index (χ0n) is 9.88. The number of nitrogens with two attached hydrogens (primary N) is 1. The smallest absolute Gasteiger partial charge is 0.321 e. The van der Waals surface area contributed by atoms with Crippen molar-refractivity contribution in [2.45, 2.75) is 25.3 Å². The molecule has 0 bridgehead atoms. The van der Waals surface area contributed by atoms with Gasteiger partial charge in [0.15, 0.2) is 0 Å². The highest BCUT2D eigenvalue weighted by atomic mass is 16.5. The van der Waals surface area contributed by atoms with E-state index in [1.807, 2.05) is 6.92 Å². The molecule has 0 aliphatic heterocycles. The third kappa shape index (κ3) is 2.88. The van der Waals surface area contributed by atoms with E-state index in [0.29, 0.717) is 17.7 Å². The van der Waals surface area contributed by atoms with Gasteiger partial charge in [-0.2, -0.15) is 0 Å². The highest BCUT2D eigenvalue weighted by molar-refractivity contribution is 5.75. The fraction of sp³-hybridized carbons (Fsp3) is 0.417. The zero-order chi connectivity index (χ0) is 13.0. The molecule has 0 saturated carbocycles. The Labute approximate surface area is 99.8 Å². The van der Waals surface area contributed by atoms with Gasteiger partial charge in [-0.3, -0.25) is 4.79 Å². The van der Waals surface area contributed by atoms with Crippen LogP contribution in [-0.4, -0.2) is 29.3 Å². The molecule has 5 heteroatoms. The van der Waals surface area contributed by atoms with Crippen molar-refractivity contribution in [1.82, 2.24) is 0 Å². The van der Waals surface area contributed by atoms with E-state index in [2.05, 4.69) is 0 Å². The summed E-state index contributed by atoms with van der Waals surface area (Å²) in [4.78, 5) is 10.9. The van der Waals surface area contributed by atoms with Crippen molar-refractivity contribution in [3.05, 3.63) is 23.8 Å². The average Bonchev–Trinajstić information content (AvgIpc) is 2.32. The molecule has 0 amide bonds. The second-order valence-electron chi connectivity index (χ2n) is 3.80. The van der Waals surface area contributed by atoms with Crippen molar-refractivity contribution in [2.24, 2.45) is 5.73 Å². The number of carbonyl (C=O) groups is 1. The number of hydrogen-bond donors (Lipinski definition) is 3. The molecule has 94 valence electrons. The molecule has 0 aliphatic carbocycles. The molecule has 17 heavy (non-hydrogen) atoms. The lowest BCUT2D eigenvalue weighted by Crippen LogP contribution is -2.36. The van der Waals surface area contributed by atoms with Gasteiger partial charge in [-0.15, -0.1) is 0 Å². The topological polar surface area (TPSA) is 92.8 Å². The standard InChI is InChI=1S/C12H17NO4/c1-3-8(11(13)12(15)16)9-6-7(17-2)4-5-10(9)14/h4-6,8,11,14H,3,13H2,1-2H3,(H,15,16)/t8-,11-/m1/s1. The number of aromatic hydroxyl groups is 1. The van der Waals surface area contributed by atoms with Crippen LogP contribution in [0.3, 0.4) is 0 Å². The van der Waals surface area contributed by atoms with Gasteiger partial charge in [-0.05, 0) is 24.6 Å². The van der Waals surface area contributed by atoms with E-state index >= 15 is 0 Å². The minimum atomic E-state index is -1.08. The van der Waals surface area contributed by atoms with Gasteiger partial charge in [-0.25, -0.2) is 0 Å². The van der Waals surface area contributed by atoms with Crippen LogP contribution in [0.5, 0.6) is 11.5 Å². The maximum Gasteiger partial charge on any atom is 0.321 e. The van der Waals surface area contributed by atoms with Crippen molar-refractivity contribution in [1.29, 1.82) is 0 Å². The number of benzene rings is 1. The van der Waals surface area contributed by atoms with E-state index in [-0.39, 0.29) is 5.75 Å². The molecule has 0 heterocycles. The van der Waals surface area contributed by atoms with Gasteiger partial charge >= 0.3 is 5.97 Å². The summed E-state index contributed by atoms with van der Waals surface area (Å²) < 4.78 is 5.05. The molecule has 0 aliphatic rings. The normalized spacial score (nSPS) is 14.1. The van der Waals surface area contributed by atoms with E-state index in [4.69, 9.17) is 15.6 Å². The number of hydrogen-bond acceptors (Lipinski definition) is 4. The van der Waals surface area contributed by atoms with Gasteiger partial charge in [0, 0.05) is 11.5 Å². The summed E-state index contributed by atoms with van der Waals surface area (Å²) in [5.41, 5.74) is 6.11. The first kappa shape index (κ1) is 13.3. The van der Waals surface area contributed by atoms with Crippen molar-refractivity contribution in [3.63, 3.8) is 0 Å². The molecule has 2 atom stereocenters. The van der Waals surface area contributed by atoms with Crippen LogP contribution in [0.2, 0.25) is 0 Å². The first-order chi connectivity index (χ1) is 8.01. The van der Waals surface area contributed by atoms with Crippen LogP contribution < -0.4 is 10.5 Å². The molecule has 1 aromatic rings. The van der Waals surface area contributed by atoms with Crippen LogP contribution in [0, 0.1) is 0 Å². The maximum absolute atomic E-state index is 10.9. The van der Waals surface area contributed by atoms with Crippen molar-refractivity contribution >= 4 is 5.97 Å². The Morgan fingerprint density at radius 2 is 2.18 bits per heavy atom. The molecule has 0 fully saturated rings. The first-order valence-electron chi connectivity index (χ1n) is 5.36. The van der Waals surface area contributed by atoms with Crippen LogP contribution in [-0.2, 0) is 4.79 Å². The molecule has 1 aromatic carbocycles. The van der Waals surface area contributed by atoms with Crippen molar-refractivity contribution in [2.75, 3.05) is 7.11 Å². The van der Waals surface area contributed by atoms with Crippen molar-refractivity contribution < 1.29 is 19.7 Å². The SMILES string of the molecule is CC[C@H](c1cc(OC)ccc1O)[C@@H](N)C(=O)O. The molecule has 1 rings (SSSR count). The van der Waals surface area contributed by atoms with E-state index in [1.165, 1.54) is 13.2 Å². The molecule has 5 nitrogen and oxygen atoms in total. The Morgan fingerprint density at radius 3 is 2.65 bits per heavy atom. The van der Waals surface area contributed by atoms with Gasteiger partial charge in [0.2, 0.25) is 0 Å². The van der Waals surface area contributed by atoms with Gasteiger partial charge in [0.25, 0.3) is 0 Å². The van der Waals surface area contributed by atoms with Crippen molar-refractivity contribution in [3.8, 4) is 11.5 Å². The summed E-state index contributed by atoms with van der Waals surface area (Å²) in [6.07, 6.45) is 0.522. The number of carboxylic acid groups (broad SMARTS) is 1. The first-order valence-corrected chi connectivity index (χ1v) is 5.36. The predicted octanol–water partition coefficient (Wildman–Crippen LogP) is 1.31. The molecule has 0 radical (unpaired) electrons. The summed E-state index contributed by atoms with van der Waals surface area (Å²) in [6.45, 7) is 1.83. The van der Waals surface area contributed by atoms with Crippen LogP contribution in [0.15, 0.2) is 18.2 Å². The summed E-state index contributed by atoms with van der Waals surface area (Å²) in [7, 11) is 1.51. The largest absolute Gasteiger partial charge is 0.508 e. The second-order valence-corrected chi connectivity index (χ2v) is 3.80.